The fraction of sp³-hybridized carbons (Fsp3) is 0.941. The van der Waals surface area contributed by atoms with Gasteiger partial charge in [-0.3, -0.25) is 0 Å². The summed E-state index contributed by atoms with van der Waals surface area (Å²) in [5, 5.41) is 0. The Morgan fingerprint density at radius 2 is 1.70 bits per heavy atom. The number of hydrogen-bond acceptors (Lipinski definition) is 2. The summed E-state index contributed by atoms with van der Waals surface area (Å²) >= 11 is -2.26. The van der Waals surface area contributed by atoms with Crippen LogP contribution in [0, 0.1) is 5.92 Å². The molecule has 0 amide bonds. The van der Waals surface area contributed by atoms with Crippen LogP contribution in [0.4, 0.5) is 0 Å². The Balaban J connectivity index is 4.43. The van der Waals surface area contributed by atoms with Crippen LogP contribution in [-0.4, -0.2) is 26.1 Å². The molecule has 120 valence electrons. The van der Waals surface area contributed by atoms with Gasteiger partial charge in [-0.15, -0.1) is 0 Å². The zero-order chi connectivity index (χ0) is 15.6. The summed E-state index contributed by atoms with van der Waals surface area (Å²) in [6, 6.07) is 0. The molecule has 0 radical (unpaired) electrons. The Morgan fingerprint density at radius 1 is 1.10 bits per heavy atom. The molecule has 0 aliphatic carbocycles. The van der Waals surface area contributed by atoms with Crippen LogP contribution >= 0.6 is 0 Å². The van der Waals surface area contributed by atoms with Crippen molar-refractivity contribution in [1.82, 2.24) is 0 Å². The summed E-state index contributed by atoms with van der Waals surface area (Å²) in [4.78, 5) is 12.0. The quantitative estimate of drug-likeness (QED) is 0.345. The third-order valence-electron chi connectivity index (χ3n) is 4.72. The van der Waals surface area contributed by atoms with Gasteiger partial charge in [-0.05, 0) is 0 Å². The maximum atomic E-state index is 12.0. The van der Waals surface area contributed by atoms with Crippen LogP contribution in [0.1, 0.15) is 86.5 Å². The Labute approximate surface area is 134 Å². The summed E-state index contributed by atoms with van der Waals surface area (Å²) in [6.45, 7) is 13.7. The first-order chi connectivity index (χ1) is 9.39. The van der Waals surface area contributed by atoms with E-state index in [1.54, 1.807) is 0 Å². The molecular weight excluding hydrogens is 355 g/mol. The van der Waals surface area contributed by atoms with Gasteiger partial charge in [0.2, 0.25) is 0 Å². The second kappa shape index (κ2) is 10.9. The average molecular weight is 391 g/mol. The first-order valence-corrected chi connectivity index (χ1v) is 13.9. The third-order valence-corrected chi connectivity index (χ3v) is 14.8. The van der Waals surface area contributed by atoms with Gasteiger partial charge in [0.25, 0.3) is 0 Å². The van der Waals surface area contributed by atoms with E-state index in [-0.39, 0.29) is 9.40 Å². The van der Waals surface area contributed by atoms with Gasteiger partial charge in [-0.1, -0.05) is 0 Å². The van der Waals surface area contributed by atoms with E-state index < -0.39 is 20.2 Å². The molecule has 0 heterocycles. The normalized spacial score (nSPS) is 14.9. The van der Waals surface area contributed by atoms with Gasteiger partial charge in [0.05, 0.1) is 0 Å². The zero-order valence-corrected chi connectivity index (χ0v) is 17.9. The number of rotatable bonds is 11. The second-order valence-electron chi connectivity index (χ2n) is 6.71. The van der Waals surface area contributed by atoms with Gasteiger partial charge in [0, 0.05) is 0 Å². The molecule has 0 rings (SSSR count). The summed E-state index contributed by atoms with van der Waals surface area (Å²) < 4.78 is 7.37. The van der Waals surface area contributed by atoms with Gasteiger partial charge >= 0.3 is 134 Å². The Hall–Kier alpha value is 0.269. The van der Waals surface area contributed by atoms with Crippen molar-refractivity contribution in [2.24, 2.45) is 5.92 Å². The SMILES string of the molecule is CCCCCC(=O)[O][SnH]([CH2]C)[C](C)(C)C(C)CCCC. The standard InChI is InChI=1S/C9H19.C6H12O2.C2H5.Sn.H/c1-5-6-7-9(4)8(2)3;1-2-3-4-5-6(7)8;1-2;;/h9H,5-7H2,1-4H3;2-5H2,1H3,(H,7,8);1H2,2H3;;/q;;;+1;/p-1. The molecule has 0 aromatic rings. The van der Waals surface area contributed by atoms with E-state index in [1.165, 1.54) is 19.3 Å². The molecule has 0 spiro atoms. The van der Waals surface area contributed by atoms with Crippen molar-refractivity contribution in [1.29, 1.82) is 0 Å². The van der Waals surface area contributed by atoms with Crippen molar-refractivity contribution < 1.29 is 7.87 Å². The van der Waals surface area contributed by atoms with E-state index in [9.17, 15) is 4.79 Å². The predicted octanol–water partition coefficient (Wildman–Crippen LogP) is 5.46. The summed E-state index contributed by atoms with van der Waals surface area (Å²) in [5.74, 6) is 0.753. The van der Waals surface area contributed by atoms with Crippen LogP contribution in [0.3, 0.4) is 0 Å². The number of carbonyl (C=O) groups excluding carboxylic acids is 1. The van der Waals surface area contributed by atoms with Crippen molar-refractivity contribution in [3.63, 3.8) is 0 Å². The molecule has 3 heteroatoms. The van der Waals surface area contributed by atoms with Crippen LogP contribution in [-0.2, 0) is 7.87 Å². The average Bonchev–Trinajstić information content (AvgIpc) is 2.42. The number of hydrogen-bond donors (Lipinski definition) is 0. The molecule has 2 nitrogen and oxygen atoms in total. The molecule has 0 fully saturated rings. The summed E-state index contributed by atoms with van der Waals surface area (Å²) in [6.07, 6.45) is 7.72. The molecule has 0 bridgehead atoms. The molecule has 0 N–H and O–H groups in total. The molecule has 2 atom stereocenters. The molecule has 20 heavy (non-hydrogen) atoms. The third kappa shape index (κ3) is 7.33. The first kappa shape index (κ1) is 20.3. The van der Waals surface area contributed by atoms with Crippen molar-refractivity contribution in [3.05, 3.63) is 0 Å². The maximum absolute atomic E-state index is 12.0. The first-order valence-electron chi connectivity index (χ1n) is 8.59. The fourth-order valence-corrected chi connectivity index (χ4v) is 10.6. The molecular formula is C17H36O2Sn. The number of carbonyl (C=O) groups is 1. The van der Waals surface area contributed by atoms with Gasteiger partial charge < -0.3 is 0 Å². The Bertz CT molecular complexity index is 264. The van der Waals surface area contributed by atoms with Gasteiger partial charge in [-0.2, -0.15) is 0 Å². The molecule has 0 aliphatic heterocycles. The Morgan fingerprint density at radius 3 is 2.20 bits per heavy atom. The zero-order valence-electron chi connectivity index (χ0n) is 14.6. The van der Waals surface area contributed by atoms with Crippen LogP contribution in [0.2, 0.25) is 7.87 Å². The van der Waals surface area contributed by atoms with Crippen LogP contribution in [0.5, 0.6) is 0 Å². The van der Waals surface area contributed by atoms with Crippen LogP contribution in [0.15, 0.2) is 0 Å². The van der Waals surface area contributed by atoms with Crippen molar-refractivity contribution in [2.45, 2.75) is 94.4 Å². The molecule has 2 unspecified atom stereocenters. The second-order valence-corrected chi connectivity index (χ2v) is 16.7. The molecule has 0 aromatic heterocycles. The summed E-state index contributed by atoms with van der Waals surface area (Å²) in [7, 11) is 0. The predicted molar refractivity (Wildman–Crippen MR) is 90.6 cm³/mol. The summed E-state index contributed by atoms with van der Waals surface area (Å²) in [5.41, 5.74) is 0. The van der Waals surface area contributed by atoms with E-state index in [2.05, 4.69) is 41.5 Å². The van der Waals surface area contributed by atoms with Crippen LogP contribution in [0.25, 0.3) is 0 Å². The number of unbranched alkanes of at least 4 members (excludes halogenated alkanes) is 3. The monoisotopic (exact) mass is 392 g/mol. The van der Waals surface area contributed by atoms with Gasteiger partial charge in [-0.25, -0.2) is 0 Å². The van der Waals surface area contributed by atoms with E-state index in [1.807, 2.05) is 0 Å². The van der Waals surface area contributed by atoms with E-state index in [0.29, 0.717) is 12.3 Å². The molecule has 0 saturated carbocycles. The van der Waals surface area contributed by atoms with E-state index in [4.69, 9.17) is 3.07 Å². The fourth-order valence-electron chi connectivity index (χ4n) is 2.70. The minimum absolute atomic E-state index is 0.0804. The van der Waals surface area contributed by atoms with Gasteiger partial charge in [0.1, 0.15) is 0 Å². The van der Waals surface area contributed by atoms with Crippen LogP contribution < -0.4 is 0 Å². The van der Waals surface area contributed by atoms with Crippen molar-refractivity contribution in [3.8, 4) is 0 Å². The van der Waals surface area contributed by atoms with E-state index in [0.717, 1.165) is 23.7 Å². The topological polar surface area (TPSA) is 26.3 Å². The minimum atomic E-state index is -2.26. The molecule has 0 aromatic carbocycles. The van der Waals surface area contributed by atoms with Crippen molar-refractivity contribution >= 4 is 26.1 Å². The van der Waals surface area contributed by atoms with Crippen molar-refractivity contribution in [2.75, 3.05) is 0 Å². The Kier molecular flexibility index (Phi) is 11.1. The van der Waals surface area contributed by atoms with E-state index >= 15 is 0 Å². The molecule has 0 saturated heterocycles. The molecule has 0 aliphatic rings. The van der Waals surface area contributed by atoms with Gasteiger partial charge in [0.15, 0.2) is 0 Å².